The molecule has 0 unspecified atom stereocenters. The molecule has 0 aliphatic heterocycles. The lowest BCUT2D eigenvalue weighted by Gasteiger charge is -2.13. The van der Waals surface area contributed by atoms with Crippen LogP contribution in [0.15, 0.2) is 88.1 Å². The van der Waals surface area contributed by atoms with Crippen LogP contribution in [0, 0.1) is 0 Å². The summed E-state index contributed by atoms with van der Waals surface area (Å²) in [7, 11) is 3.17. The van der Waals surface area contributed by atoms with E-state index in [2.05, 4.69) is 10.3 Å². The Bertz CT molecular complexity index is 1650. The number of carbonyl (C=O) groups is 1. The number of hydrogen-bond acceptors (Lipinski definition) is 8. The van der Waals surface area contributed by atoms with Crippen molar-refractivity contribution in [1.82, 2.24) is 14.5 Å². The molecule has 2 heterocycles. The van der Waals surface area contributed by atoms with Crippen LogP contribution in [0.3, 0.4) is 0 Å². The Morgan fingerprint density at radius 3 is 2.53 bits per heavy atom. The molecule has 5 aromatic rings. The number of methoxy groups -OCH3 is 2. The molecule has 8 nitrogen and oxygen atoms in total. The van der Waals surface area contributed by atoms with Gasteiger partial charge < -0.3 is 14.8 Å². The Morgan fingerprint density at radius 2 is 1.74 bits per heavy atom. The van der Waals surface area contributed by atoms with Gasteiger partial charge >= 0.3 is 0 Å². The van der Waals surface area contributed by atoms with Crippen molar-refractivity contribution in [3.05, 3.63) is 88.5 Å². The van der Waals surface area contributed by atoms with Gasteiger partial charge in [-0.05, 0) is 42.5 Å². The minimum Gasteiger partial charge on any atom is -0.493 e. The third-order valence-corrected chi connectivity index (χ3v) is 7.45. The van der Waals surface area contributed by atoms with E-state index in [0.29, 0.717) is 38.4 Å². The van der Waals surface area contributed by atoms with Crippen molar-refractivity contribution < 1.29 is 14.3 Å². The van der Waals surface area contributed by atoms with Crippen molar-refractivity contribution >= 4 is 45.0 Å². The first-order chi connectivity index (χ1) is 18.6. The molecule has 0 saturated carbocycles. The van der Waals surface area contributed by atoms with Gasteiger partial charge in [0.1, 0.15) is 0 Å². The number of ether oxygens (including phenoxy) is 2. The van der Waals surface area contributed by atoms with Gasteiger partial charge in [0.05, 0.1) is 36.5 Å². The van der Waals surface area contributed by atoms with Gasteiger partial charge in [-0.3, -0.25) is 14.2 Å². The predicted octanol–water partition coefficient (Wildman–Crippen LogP) is 5.65. The average Bonchev–Trinajstić information content (AvgIpc) is 3.41. The molecule has 0 aliphatic rings. The van der Waals surface area contributed by atoms with Crippen LogP contribution in [0.25, 0.3) is 27.8 Å². The van der Waals surface area contributed by atoms with E-state index < -0.39 is 0 Å². The molecule has 1 amide bonds. The van der Waals surface area contributed by atoms with Gasteiger partial charge in [0.2, 0.25) is 5.91 Å². The normalized spacial score (nSPS) is 10.9. The summed E-state index contributed by atoms with van der Waals surface area (Å²) >= 11 is 2.72. The second-order valence-corrected chi connectivity index (χ2v) is 10.1. The predicted molar refractivity (Wildman–Crippen MR) is 152 cm³/mol. The molecule has 0 fully saturated rings. The number of carbonyl (C=O) groups excluding carboxylic acids is 1. The van der Waals surface area contributed by atoms with Crippen LogP contribution in [0.1, 0.15) is 6.42 Å². The number of anilines is 1. The molecule has 0 aliphatic carbocycles. The summed E-state index contributed by atoms with van der Waals surface area (Å²) in [5.41, 5.74) is 2.80. The van der Waals surface area contributed by atoms with E-state index in [0.717, 1.165) is 16.9 Å². The quantitative estimate of drug-likeness (QED) is 0.189. The van der Waals surface area contributed by atoms with E-state index >= 15 is 0 Å². The van der Waals surface area contributed by atoms with Gasteiger partial charge in [0, 0.05) is 23.1 Å². The Kier molecular flexibility index (Phi) is 7.71. The Hall–Kier alpha value is -4.15. The number of nitrogens with zero attached hydrogens (tertiary/aromatic N) is 3. The molecular formula is C28H24N4O4S2. The van der Waals surface area contributed by atoms with Crippen molar-refractivity contribution in [3.8, 4) is 28.4 Å². The Morgan fingerprint density at radius 1 is 0.974 bits per heavy atom. The highest BCUT2D eigenvalue weighted by Crippen LogP contribution is 2.33. The lowest BCUT2D eigenvalue weighted by Crippen LogP contribution is -2.22. The van der Waals surface area contributed by atoms with E-state index in [4.69, 9.17) is 14.5 Å². The van der Waals surface area contributed by atoms with Gasteiger partial charge in [-0.1, -0.05) is 42.1 Å². The summed E-state index contributed by atoms with van der Waals surface area (Å²) in [6.07, 6.45) is 0.230. The highest BCUT2D eigenvalue weighted by Gasteiger charge is 2.15. The van der Waals surface area contributed by atoms with Crippen LogP contribution in [0.4, 0.5) is 5.13 Å². The van der Waals surface area contributed by atoms with Crippen molar-refractivity contribution in [3.63, 3.8) is 0 Å². The first-order valence-corrected chi connectivity index (χ1v) is 13.6. The second-order valence-electron chi connectivity index (χ2n) is 8.14. The molecule has 1 N–H and O–H groups in total. The minimum absolute atomic E-state index is 0.140. The standard InChI is InChI=1S/C28H24N4O4S2/c1-35-23-13-12-18(16-24(23)36-2)22-17-38-27(29-22)31-25(33)14-15-37-28-30-21-11-7-6-10-20(21)26(34)32(28)19-8-4-3-5-9-19/h3-13,16-17H,14-15H2,1-2H3,(H,29,31,33). The monoisotopic (exact) mass is 544 g/mol. The number of amides is 1. The Labute approximate surface area is 227 Å². The molecule has 0 bridgehead atoms. The maximum atomic E-state index is 13.3. The summed E-state index contributed by atoms with van der Waals surface area (Å²) in [5.74, 6) is 1.52. The van der Waals surface area contributed by atoms with Gasteiger partial charge in [-0.2, -0.15) is 0 Å². The number of para-hydroxylation sites is 2. The zero-order valence-corrected chi connectivity index (χ0v) is 22.3. The topological polar surface area (TPSA) is 95.3 Å². The van der Waals surface area contributed by atoms with Gasteiger partial charge in [-0.25, -0.2) is 9.97 Å². The summed E-state index contributed by atoms with van der Waals surface area (Å²) in [6.45, 7) is 0. The number of benzene rings is 3. The van der Waals surface area contributed by atoms with Crippen LogP contribution in [-0.2, 0) is 4.79 Å². The molecule has 0 saturated heterocycles. The van der Waals surface area contributed by atoms with Crippen molar-refractivity contribution in [2.24, 2.45) is 0 Å². The van der Waals surface area contributed by atoms with Crippen LogP contribution < -0.4 is 20.3 Å². The van der Waals surface area contributed by atoms with E-state index in [1.165, 1.54) is 23.1 Å². The molecule has 0 radical (unpaired) electrons. The molecule has 38 heavy (non-hydrogen) atoms. The fraction of sp³-hybridized carbons (Fsp3) is 0.143. The first kappa shape index (κ1) is 25.5. The molecule has 2 aromatic heterocycles. The number of rotatable bonds is 9. The van der Waals surface area contributed by atoms with Crippen LogP contribution in [0.5, 0.6) is 11.5 Å². The van der Waals surface area contributed by atoms with Crippen LogP contribution >= 0.6 is 23.1 Å². The van der Waals surface area contributed by atoms with Crippen molar-refractivity contribution in [2.75, 3.05) is 25.3 Å². The van der Waals surface area contributed by atoms with E-state index in [1.807, 2.05) is 72.1 Å². The van der Waals surface area contributed by atoms with E-state index in [-0.39, 0.29) is 17.9 Å². The van der Waals surface area contributed by atoms with Crippen molar-refractivity contribution in [2.45, 2.75) is 11.6 Å². The summed E-state index contributed by atoms with van der Waals surface area (Å²) in [6, 6.07) is 22.2. The lowest BCUT2D eigenvalue weighted by molar-refractivity contribution is -0.115. The Balaban J connectivity index is 1.28. The lowest BCUT2D eigenvalue weighted by atomic mass is 10.1. The van der Waals surface area contributed by atoms with Crippen LogP contribution in [0.2, 0.25) is 0 Å². The fourth-order valence-electron chi connectivity index (χ4n) is 3.89. The van der Waals surface area contributed by atoms with Gasteiger partial charge in [-0.15, -0.1) is 11.3 Å². The largest absolute Gasteiger partial charge is 0.493 e. The van der Waals surface area contributed by atoms with E-state index in [9.17, 15) is 9.59 Å². The third-order valence-electron chi connectivity index (χ3n) is 5.75. The molecular weight excluding hydrogens is 520 g/mol. The van der Waals surface area contributed by atoms with Crippen molar-refractivity contribution in [1.29, 1.82) is 0 Å². The SMILES string of the molecule is COc1ccc(-c2csc(NC(=O)CCSc3nc4ccccc4c(=O)n3-c3ccccc3)n2)cc1OC. The zero-order valence-electron chi connectivity index (χ0n) is 20.7. The zero-order chi connectivity index (χ0) is 26.5. The summed E-state index contributed by atoms with van der Waals surface area (Å²) in [5, 5.41) is 6.34. The van der Waals surface area contributed by atoms with Gasteiger partial charge in [0.15, 0.2) is 21.8 Å². The number of thiazole rings is 1. The first-order valence-electron chi connectivity index (χ1n) is 11.7. The maximum Gasteiger partial charge on any atom is 0.266 e. The highest BCUT2D eigenvalue weighted by atomic mass is 32.2. The third kappa shape index (κ3) is 5.41. The average molecular weight is 545 g/mol. The molecule has 3 aromatic carbocycles. The maximum absolute atomic E-state index is 13.3. The number of thioether (sulfide) groups is 1. The summed E-state index contributed by atoms with van der Waals surface area (Å²) in [4.78, 5) is 35.2. The molecule has 0 spiro atoms. The number of aromatic nitrogens is 3. The smallest absolute Gasteiger partial charge is 0.266 e. The minimum atomic E-state index is -0.167. The number of fused-ring (bicyclic) bond motifs is 1. The molecule has 5 rings (SSSR count). The summed E-state index contributed by atoms with van der Waals surface area (Å²) < 4.78 is 12.3. The fourth-order valence-corrected chi connectivity index (χ4v) is 5.58. The molecule has 10 heteroatoms. The number of nitrogens with one attached hydrogen (secondary N) is 1. The molecule has 0 atom stereocenters. The number of hydrogen-bond donors (Lipinski definition) is 1. The van der Waals surface area contributed by atoms with Gasteiger partial charge in [0.25, 0.3) is 5.56 Å². The van der Waals surface area contributed by atoms with Crippen LogP contribution in [-0.4, -0.2) is 40.4 Å². The molecule has 192 valence electrons. The van der Waals surface area contributed by atoms with E-state index in [1.54, 1.807) is 24.9 Å². The highest BCUT2D eigenvalue weighted by molar-refractivity contribution is 7.99. The second kappa shape index (κ2) is 11.5.